The van der Waals surface area contributed by atoms with Crippen LogP contribution in [-0.4, -0.2) is 20.9 Å². The lowest BCUT2D eigenvalue weighted by Gasteiger charge is -2.12. The van der Waals surface area contributed by atoms with Crippen LogP contribution in [0.25, 0.3) is 11.3 Å². The summed E-state index contributed by atoms with van der Waals surface area (Å²) < 4.78 is 14.7. The zero-order valence-electron chi connectivity index (χ0n) is 14.7. The monoisotopic (exact) mass is 420 g/mol. The lowest BCUT2D eigenvalue weighted by molar-refractivity contribution is -0.136. The van der Waals surface area contributed by atoms with Crippen molar-refractivity contribution in [2.45, 2.75) is 19.9 Å². The highest BCUT2D eigenvalue weighted by Crippen LogP contribution is 2.25. The highest BCUT2D eigenvalue weighted by atomic mass is 35.5. The molecular weight excluding hydrogens is 406 g/mol. The Bertz CT molecular complexity index is 1110. The Morgan fingerprint density at radius 1 is 1.18 bits per heavy atom. The van der Waals surface area contributed by atoms with Crippen molar-refractivity contribution in [2.75, 3.05) is 0 Å². The fraction of sp³-hybridized carbons (Fsp3) is 0.150. The zero-order valence-corrected chi connectivity index (χ0v) is 16.3. The van der Waals surface area contributed by atoms with Crippen LogP contribution in [-0.2, 0) is 17.8 Å². The van der Waals surface area contributed by atoms with Gasteiger partial charge in [0.25, 0.3) is 5.56 Å². The van der Waals surface area contributed by atoms with Gasteiger partial charge in [0, 0.05) is 26.7 Å². The molecule has 28 heavy (non-hydrogen) atoms. The van der Waals surface area contributed by atoms with E-state index >= 15 is 0 Å². The van der Waals surface area contributed by atoms with E-state index in [1.807, 2.05) is 0 Å². The Morgan fingerprint density at radius 2 is 1.86 bits per heavy atom. The summed E-state index contributed by atoms with van der Waals surface area (Å²) in [6, 6.07) is 10.8. The number of hydrogen-bond donors (Lipinski definition) is 1. The first-order valence-electron chi connectivity index (χ1n) is 8.28. The lowest BCUT2D eigenvalue weighted by atomic mass is 10.1. The van der Waals surface area contributed by atoms with Gasteiger partial charge in [0.2, 0.25) is 0 Å². The first-order valence-corrected chi connectivity index (χ1v) is 9.04. The molecule has 0 aliphatic carbocycles. The van der Waals surface area contributed by atoms with Crippen molar-refractivity contribution in [1.29, 1.82) is 0 Å². The fourth-order valence-corrected chi connectivity index (χ4v) is 3.29. The molecular formula is C20H15Cl2FN2O3. The van der Waals surface area contributed by atoms with E-state index in [1.165, 1.54) is 18.2 Å². The van der Waals surface area contributed by atoms with Crippen molar-refractivity contribution in [1.82, 2.24) is 9.78 Å². The summed E-state index contributed by atoms with van der Waals surface area (Å²) in [6.45, 7) is 1.58. The van der Waals surface area contributed by atoms with E-state index < -0.39 is 17.9 Å². The van der Waals surface area contributed by atoms with Crippen molar-refractivity contribution in [3.8, 4) is 11.3 Å². The molecule has 0 bridgehead atoms. The molecule has 1 heterocycles. The van der Waals surface area contributed by atoms with E-state index in [-0.39, 0.29) is 17.9 Å². The van der Waals surface area contributed by atoms with Crippen LogP contribution in [0, 0.1) is 12.7 Å². The Labute approximate surface area is 170 Å². The molecule has 0 amide bonds. The molecule has 0 aliphatic rings. The lowest BCUT2D eigenvalue weighted by Crippen LogP contribution is -2.28. The normalized spacial score (nSPS) is 10.9. The van der Waals surface area contributed by atoms with Crippen LogP contribution in [0.15, 0.2) is 47.3 Å². The van der Waals surface area contributed by atoms with E-state index in [0.717, 1.165) is 4.68 Å². The summed E-state index contributed by atoms with van der Waals surface area (Å²) in [6.07, 6.45) is -0.467. The fourth-order valence-electron chi connectivity index (χ4n) is 2.77. The molecule has 1 N–H and O–H groups in total. The Morgan fingerprint density at radius 3 is 2.46 bits per heavy atom. The summed E-state index contributed by atoms with van der Waals surface area (Å²) >= 11 is 12.4. The molecule has 0 saturated carbocycles. The van der Waals surface area contributed by atoms with Crippen molar-refractivity contribution in [3.05, 3.63) is 85.4 Å². The predicted molar refractivity (Wildman–Crippen MR) is 106 cm³/mol. The molecule has 3 aromatic rings. The molecule has 2 aromatic carbocycles. The minimum absolute atomic E-state index is 0.0298. The standard InChI is InChI=1S/C20H15Cl2FN2O3/c1-11-7-12(5-6-17(11)23)18-8-13(9-19(26)27)20(28)25(24-18)10-14-15(21)3-2-4-16(14)22/h2-8H,9-10H2,1H3,(H,26,27). The van der Waals surface area contributed by atoms with Crippen molar-refractivity contribution in [3.63, 3.8) is 0 Å². The van der Waals surface area contributed by atoms with Gasteiger partial charge in [-0.05, 0) is 48.9 Å². The molecule has 1 aromatic heterocycles. The first kappa shape index (κ1) is 20.0. The summed E-state index contributed by atoms with van der Waals surface area (Å²) in [5.74, 6) is -1.52. The second-order valence-electron chi connectivity index (χ2n) is 6.25. The molecule has 144 valence electrons. The number of aromatic nitrogens is 2. The molecule has 0 unspecified atom stereocenters. The van der Waals surface area contributed by atoms with Gasteiger partial charge in [0.05, 0.1) is 18.7 Å². The van der Waals surface area contributed by atoms with Gasteiger partial charge < -0.3 is 5.11 Å². The van der Waals surface area contributed by atoms with Crippen LogP contribution in [0.4, 0.5) is 4.39 Å². The number of carboxylic acids is 1. The third-order valence-electron chi connectivity index (χ3n) is 4.21. The van der Waals surface area contributed by atoms with Gasteiger partial charge in [-0.15, -0.1) is 0 Å². The SMILES string of the molecule is Cc1cc(-c2cc(CC(=O)O)c(=O)n(Cc3c(Cl)cccc3Cl)n2)ccc1F. The smallest absolute Gasteiger partial charge is 0.308 e. The minimum atomic E-state index is -1.15. The average molecular weight is 421 g/mol. The highest BCUT2D eigenvalue weighted by molar-refractivity contribution is 6.35. The maximum Gasteiger partial charge on any atom is 0.308 e. The highest BCUT2D eigenvalue weighted by Gasteiger charge is 2.16. The minimum Gasteiger partial charge on any atom is -0.481 e. The van der Waals surface area contributed by atoms with Gasteiger partial charge >= 0.3 is 5.97 Å². The van der Waals surface area contributed by atoms with Crippen molar-refractivity contribution in [2.24, 2.45) is 0 Å². The average Bonchev–Trinajstić information content (AvgIpc) is 2.63. The molecule has 0 radical (unpaired) electrons. The molecule has 0 atom stereocenters. The number of benzene rings is 2. The van der Waals surface area contributed by atoms with Gasteiger partial charge in [0.15, 0.2) is 0 Å². The summed E-state index contributed by atoms with van der Waals surface area (Å²) in [5, 5.41) is 14.2. The largest absolute Gasteiger partial charge is 0.481 e. The number of nitrogens with zero attached hydrogens (tertiary/aromatic N) is 2. The van der Waals surface area contributed by atoms with Crippen LogP contribution in [0.2, 0.25) is 10.0 Å². The number of aliphatic carboxylic acids is 1. The van der Waals surface area contributed by atoms with E-state index in [1.54, 1.807) is 31.2 Å². The quantitative estimate of drug-likeness (QED) is 0.666. The summed E-state index contributed by atoms with van der Waals surface area (Å²) in [7, 11) is 0. The van der Waals surface area contributed by atoms with Crippen LogP contribution in [0.3, 0.4) is 0 Å². The Kier molecular flexibility index (Phi) is 5.82. The maximum atomic E-state index is 13.6. The topological polar surface area (TPSA) is 72.2 Å². The summed E-state index contributed by atoms with van der Waals surface area (Å²) in [4.78, 5) is 23.9. The number of hydrogen-bond acceptors (Lipinski definition) is 3. The molecule has 3 rings (SSSR count). The number of carbonyl (C=O) groups is 1. The molecule has 0 saturated heterocycles. The number of rotatable bonds is 5. The summed E-state index contributed by atoms with van der Waals surface area (Å²) in [5.41, 5.74) is 1.32. The van der Waals surface area contributed by atoms with Gasteiger partial charge in [-0.1, -0.05) is 29.3 Å². The van der Waals surface area contributed by atoms with Gasteiger partial charge in [-0.2, -0.15) is 5.10 Å². The number of halogens is 3. The third-order valence-corrected chi connectivity index (χ3v) is 4.92. The number of aryl methyl sites for hydroxylation is 1. The van der Waals surface area contributed by atoms with Gasteiger partial charge in [0.1, 0.15) is 5.82 Å². The van der Waals surface area contributed by atoms with Gasteiger partial charge in [-0.3, -0.25) is 9.59 Å². The van der Waals surface area contributed by atoms with Gasteiger partial charge in [-0.25, -0.2) is 9.07 Å². The second-order valence-corrected chi connectivity index (χ2v) is 7.07. The second kappa shape index (κ2) is 8.12. The van der Waals surface area contributed by atoms with E-state index in [2.05, 4.69) is 5.10 Å². The van der Waals surface area contributed by atoms with E-state index in [9.17, 15) is 14.0 Å². The number of carboxylic acid groups (broad SMARTS) is 1. The van der Waals surface area contributed by atoms with Crippen molar-refractivity contribution < 1.29 is 14.3 Å². The molecule has 5 nitrogen and oxygen atoms in total. The third kappa shape index (κ3) is 4.24. The Balaban J connectivity index is 2.16. The van der Waals surface area contributed by atoms with Crippen LogP contribution >= 0.6 is 23.2 Å². The predicted octanol–water partition coefficient (Wildman–Crippen LogP) is 4.34. The van der Waals surface area contributed by atoms with E-state index in [4.69, 9.17) is 28.3 Å². The molecule has 0 fully saturated rings. The zero-order chi connectivity index (χ0) is 20.4. The molecule has 0 spiro atoms. The van der Waals surface area contributed by atoms with Crippen LogP contribution < -0.4 is 5.56 Å². The first-order chi connectivity index (χ1) is 13.3. The van der Waals surface area contributed by atoms with Crippen molar-refractivity contribution >= 4 is 29.2 Å². The van der Waals surface area contributed by atoms with Crippen LogP contribution in [0.1, 0.15) is 16.7 Å². The van der Waals surface area contributed by atoms with Crippen LogP contribution in [0.5, 0.6) is 0 Å². The maximum absolute atomic E-state index is 13.6. The Hall–Kier alpha value is -2.70. The molecule has 8 heteroatoms. The van der Waals surface area contributed by atoms with E-state index in [0.29, 0.717) is 32.4 Å². The molecule has 0 aliphatic heterocycles.